The van der Waals surface area contributed by atoms with Crippen LogP contribution in [0.2, 0.25) is 5.02 Å². The molecule has 1 aliphatic carbocycles. The standard InChI is InChI=1S/C16H13ClO3/c1-20-13-7-3-5-10-11(8-14(18)19)9-4-2-6-12(17)15(9)16(10)13/h2-7,11H,8H2,1H3,(H,18,19). The fourth-order valence-electron chi connectivity index (χ4n) is 2.93. The summed E-state index contributed by atoms with van der Waals surface area (Å²) in [7, 11) is 1.61. The SMILES string of the molecule is COc1cccc2c1-c1c(Cl)cccc1C2CC(=O)O. The number of carbonyl (C=O) groups is 1. The molecule has 3 rings (SSSR count). The van der Waals surface area contributed by atoms with E-state index in [1.54, 1.807) is 7.11 Å². The number of fused-ring (bicyclic) bond motifs is 3. The molecule has 2 aromatic carbocycles. The molecule has 2 aromatic rings. The largest absolute Gasteiger partial charge is 0.496 e. The predicted octanol–water partition coefficient (Wildman–Crippen LogP) is 3.94. The summed E-state index contributed by atoms with van der Waals surface area (Å²) in [5.74, 6) is -0.271. The van der Waals surface area contributed by atoms with Gasteiger partial charge < -0.3 is 9.84 Å². The molecule has 0 fully saturated rings. The van der Waals surface area contributed by atoms with E-state index in [0.29, 0.717) is 5.02 Å². The van der Waals surface area contributed by atoms with Crippen LogP contribution in [0.1, 0.15) is 23.5 Å². The monoisotopic (exact) mass is 288 g/mol. The lowest BCUT2D eigenvalue weighted by Crippen LogP contribution is -2.05. The maximum absolute atomic E-state index is 11.2. The Labute approximate surface area is 121 Å². The van der Waals surface area contributed by atoms with Crippen molar-refractivity contribution in [1.82, 2.24) is 0 Å². The van der Waals surface area contributed by atoms with Gasteiger partial charge in [-0.25, -0.2) is 0 Å². The van der Waals surface area contributed by atoms with Crippen LogP contribution in [-0.2, 0) is 4.79 Å². The van der Waals surface area contributed by atoms with E-state index >= 15 is 0 Å². The van der Waals surface area contributed by atoms with E-state index in [1.807, 2.05) is 36.4 Å². The second-order valence-electron chi connectivity index (χ2n) is 4.78. The van der Waals surface area contributed by atoms with E-state index in [4.69, 9.17) is 21.4 Å². The number of halogens is 1. The molecule has 1 aliphatic rings. The van der Waals surface area contributed by atoms with Crippen LogP contribution in [0, 0.1) is 0 Å². The molecule has 0 saturated carbocycles. The Hall–Kier alpha value is -2.00. The predicted molar refractivity (Wildman–Crippen MR) is 77.5 cm³/mol. The number of benzene rings is 2. The van der Waals surface area contributed by atoms with Crippen LogP contribution >= 0.6 is 11.6 Å². The van der Waals surface area contributed by atoms with Gasteiger partial charge in [0.25, 0.3) is 0 Å². The Morgan fingerprint density at radius 1 is 1.20 bits per heavy atom. The molecule has 0 radical (unpaired) electrons. The minimum atomic E-state index is -0.823. The van der Waals surface area contributed by atoms with Crippen LogP contribution in [0.25, 0.3) is 11.1 Å². The molecule has 1 N–H and O–H groups in total. The lowest BCUT2D eigenvalue weighted by molar-refractivity contribution is -0.137. The van der Waals surface area contributed by atoms with Crippen molar-refractivity contribution in [2.75, 3.05) is 7.11 Å². The molecule has 0 heterocycles. The van der Waals surface area contributed by atoms with Crippen molar-refractivity contribution in [3.8, 4) is 16.9 Å². The third-order valence-electron chi connectivity index (χ3n) is 3.70. The summed E-state index contributed by atoms with van der Waals surface area (Å²) in [6.45, 7) is 0. The van der Waals surface area contributed by atoms with Crippen LogP contribution in [0.4, 0.5) is 0 Å². The van der Waals surface area contributed by atoms with Gasteiger partial charge in [0, 0.05) is 22.1 Å². The average molecular weight is 289 g/mol. The number of carboxylic acid groups (broad SMARTS) is 1. The van der Waals surface area contributed by atoms with Crippen molar-refractivity contribution in [2.24, 2.45) is 0 Å². The molecule has 0 amide bonds. The van der Waals surface area contributed by atoms with E-state index in [1.165, 1.54) is 0 Å². The van der Waals surface area contributed by atoms with Crippen molar-refractivity contribution in [1.29, 1.82) is 0 Å². The number of carboxylic acids is 1. The molecule has 0 spiro atoms. The second kappa shape index (κ2) is 4.84. The number of aliphatic carboxylic acids is 1. The highest BCUT2D eigenvalue weighted by molar-refractivity contribution is 6.34. The highest BCUT2D eigenvalue weighted by Gasteiger charge is 2.33. The maximum Gasteiger partial charge on any atom is 0.304 e. The van der Waals surface area contributed by atoms with Crippen molar-refractivity contribution in [3.05, 3.63) is 52.5 Å². The van der Waals surface area contributed by atoms with Gasteiger partial charge in [-0.05, 0) is 23.3 Å². The first-order valence-corrected chi connectivity index (χ1v) is 6.68. The molecular formula is C16H13ClO3. The van der Waals surface area contributed by atoms with Crippen LogP contribution in [0.3, 0.4) is 0 Å². The second-order valence-corrected chi connectivity index (χ2v) is 5.19. The summed E-state index contributed by atoms with van der Waals surface area (Å²) in [5, 5.41) is 9.78. The van der Waals surface area contributed by atoms with Crippen LogP contribution < -0.4 is 4.74 Å². The highest BCUT2D eigenvalue weighted by Crippen LogP contribution is 2.52. The summed E-state index contributed by atoms with van der Waals surface area (Å²) < 4.78 is 5.42. The zero-order chi connectivity index (χ0) is 14.3. The first kappa shape index (κ1) is 13.0. The van der Waals surface area contributed by atoms with Gasteiger partial charge in [-0.1, -0.05) is 35.9 Å². The Morgan fingerprint density at radius 3 is 2.50 bits per heavy atom. The zero-order valence-corrected chi connectivity index (χ0v) is 11.6. The highest BCUT2D eigenvalue weighted by atomic mass is 35.5. The summed E-state index contributed by atoms with van der Waals surface area (Å²) in [5.41, 5.74) is 3.74. The van der Waals surface area contributed by atoms with Gasteiger partial charge >= 0.3 is 5.97 Å². The minimum absolute atomic E-state index is 0.0491. The van der Waals surface area contributed by atoms with Gasteiger partial charge in [-0.15, -0.1) is 0 Å². The molecule has 102 valence electrons. The van der Waals surface area contributed by atoms with Gasteiger partial charge in [0.05, 0.1) is 13.5 Å². The van der Waals surface area contributed by atoms with E-state index in [-0.39, 0.29) is 12.3 Å². The fraction of sp³-hybridized carbons (Fsp3) is 0.188. The van der Waals surface area contributed by atoms with Crippen LogP contribution in [0.15, 0.2) is 36.4 Å². The third kappa shape index (κ3) is 1.86. The van der Waals surface area contributed by atoms with Gasteiger partial charge in [-0.2, -0.15) is 0 Å². The van der Waals surface area contributed by atoms with Crippen molar-refractivity contribution >= 4 is 17.6 Å². The molecule has 0 aliphatic heterocycles. The van der Waals surface area contributed by atoms with E-state index in [2.05, 4.69) is 0 Å². The van der Waals surface area contributed by atoms with Gasteiger partial charge in [0.15, 0.2) is 0 Å². The number of hydrogen-bond donors (Lipinski definition) is 1. The van der Waals surface area contributed by atoms with Crippen LogP contribution in [-0.4, -0.2) is 18.2 Å². The molecule has 1 unspecified atom stereocenters. The van der Waals surface area contributed by atoms with Crippen molar-refractivity contribution < 1.29 is 14.6 Å². The molecule has 1 atom stereocenters. The fourth-order valence-corrected chi connectivity index (χ4v) is 3.21. The Morgan fingerprint density at radius 2 is 1.85 bits per heavy atom. The Kier molecular flexibility index (Phi) is 3.14. The normalized spacial score (nSPS) is 15.6. The van der Waals surface area contributed by atoms with Crippen LogP contribution in [0.5, 0.6) is 5.75 Å². The maximum atomic E-state index is 11.2. The number of methoxy groups -OCH3 is 1. The Bertz CT molecular complexity index is 694. The van der Waals surface area contributed by atoms with Gasteiger partial charge in [0.1, 0.15) is 5.75 Å². The quantitative estimate of drug-likeness (QED) is 0.930. The molecule has 0 bridgehead atoms. The average Bonchev–Trinajstić information content (AvgIpc) is 2.74. The molecule has 0 saturated heterocycles. The lowest BCUT2D eigenvalue weighted by Gasteiger charge is -2.11. The summed E-state index contributed by atoms with van der Waals surface area (Å²) in [6, 6.07) is 11.3. The first-order valence-electron chi connectivity index (χ1n) is 6.31. The Balaban J connectivity index is 2.30. The number of hydrogen-bond acceptors (Lipinski definition) is 2. The van der Waals surface area contributed by atoms with Crippen molar-refractivity contribution in [2.45, 2.75) is 12.3 Å². The zero-order valence-electron chi connectivity index (χ0n) is 10.9. The summed E-state index contributed by atoms with van der Waals surface area (Å²) >= 11 is 6.33. The van der Waals surface area contributed by atoms with E-state index < -0.39 is 5.97 Å². The first-order chi connectivity index (χ1) is 9.63. The van der Waals surface area contributed by atoms with Gasteiger partial charge in [0.2, 0.25) is 0 Å². The number of rotatable bonds is 3. The minimum Gasteiger partial charge on any atom is -0.496 e. The molecule has 0 aromatic heterocycles. The van der Waals surface area contributed by atoms with Gasteiger partial charge in [-0.3, -0.25) is 4.79 Å². The van der Waals surface area contributed by atoms with E-state index in [0.717, 1.165) is 28.0 Å². The lowest BCUT2D eigenvalue weighted by atomic mass is 9.94. The smallest absolute Gasteiger partial charge is 0.304 e. The molecule has 20 heavy (non-hydrogen) atoms. The van der Waals surface area contributed by atoms with Crippen molar-refractivity contribution in [3.63, 3.8) is 0 Å². The summed E-state index contributed by atoms with van der Waals surface area (Å²) in [6.07, 6.45) is 0.0491. The summed E-state index contributed by atoms with van der Waals surface area (Å²) in [4.78, 5) is 11.2. The number of ether oxygens (including phenoxy) is 1. The molecular weight excluding hydrogens is 276 g/mol. The third-order valence-corrected chi connectivity index (χ3v) is 4.02. The van der Waals surface area contributed by atoms with E-state index in [9.17, 15) is 4.79 Å². The molecule has 3 nitrogen and oxygen atoms in total. The molecule has 4 heteroatoms. The topological polar surface area (TPSA) is 46.5 Å².